The van der Waals surface area contributed by atoms with E-state index in [2.05, 4.69) is 15.4 Å². The number of nitrogen functional groups attached to an aromatic ring is 1. The van der Waals surface area contributed by atoms with Gasteiger partial charge in [0, 0.05) is 5.56 Å². The van der Waals surface area contributed by atoms with Crippen LogP contribution in [0.2, 0.25) is 10.0 Å². The van der Waals surface area contributed by atoms with Gasteiger partial charge in [0.15, 0.2) is 0 Å². The first-order valence-corrected chi connectivity index (χ1v) is 8.89. The molecular weight excluding hydrogens is 373 g/mol. The number of halogens is 2. The highest BCUT2D eigenvalue weighted by molar-refractivity contribution is 6.42. The summed E-state index contributed by atoms with van der Waals surface area (Å²) in [6.07, 6.45) is 0.730. The molecule has 26 heavy (non-hydrogen) atoms. The molecule has 6 nitrogen and oxygen atoms in total. The molecule has 0 aliphatic carbocycles. The van der Waals surface area contributed by atoms with E-state index in [4.69, 9.17) is 33.7 Å². The zero-order valence-electron chi connectivity index (χ0n) is 14.0. The van der Waals surface area contributed by atoms with Gasteiger partial charge in [-0.2, -0.15) is 4.98 Å². The van der Waals surface area contributed by atoms with Crippen molar-refractivity contribution in [2.24, 2.45) is 0 Å². The van der Waals surface area contributed by atoms with Crippen molar-refractivity contribution in [3.63, 3.8) is 0 Å². The molecule has 3 aromatic rings. The summed E-state index contributed by atoms with van der Waals surface area (Å²) in [5.41, 5.74) is 7.89. The van der Waals surface area contributed by atoms with Crippen LogP contribution in [0.15, 0.2) is 42.5 Å². The number of rotatable bonds is 3. The standard InChI is InChI=1S/C18H17Cl2N5O/c1-26-16-5-3-2-4-11(16)15-9-14(10-6-7-12(19)13(20)8-10)22-18-23-17(21)24-25(15)18/h2-8,14-15H,9H2,1H3,(H3,21,22,23,24). The van der Waals surface area contributed by atoms with Crippen LogP contribution in [0.1, 0.15) is 29.6 Å². The summed E-state index contributed by atoms with van der Waals surface area (Å²) < 4.78 is 7.35. The molecule has 0 saturated heterocycles. The van der Waals surface area contributed by atoms with E-state index in [0.29, 0.717) is 16.0 Å². The molecule has 0 saturated carbocycles. The van der Waals surface area contributed by atoms with Crippen molar-refractivity contribution >= 4 is 35.1 Å². The molecule has 2 aromatic carbocycles. The molecule has 3 N–H and O–H groups in total. The number of nitrogens with two attached hydrogens (primary N) is 1. The number of hydrogen-bond acceptors (Lipinski definition) is 5. The normalized spacial score (nSPS) is 18.9. The molecule has 0 radical (unpaired) electrons. The van der Waals surface area contributed by atoms with E-state index in [0.717, 1.165) is 23.3 Å². The highest BCUT2D eigenvalue weighted by Gasteiger charge is 2.32. The molecule has 0 fully saturated rings. The second-order valence-corrected chi connectivity index (χ2v) is 6.92. The summed E-state index contributed by atoms with van der Waals surface area (Å²) in [4.78, 5) is 4.32. The summed E-state index contributed by atoms with van der Waals surface area (Å²) in [6.45, 7) is 0. The first-order valence-electron chi connectivity index (χ1n) is 8.13. The molecule has 134 valence electrons. The number of fused-ring (bicyclic) bond motifs is 1. The van der Waals surface area contributed by atoms with E-state index < -0.39 is 0 Å². The number of ether oxygens (including phenoxy) is 1. The molecule has 0 bridgehead atoms. The Labute approximate surface area is 160 Å². The highest BCUT2D eigenvalue weighted by atomic mass is 35.5. The lowest BCUT2D eigenvalue weighted by molar-refractivity contribution is 0.380. The van der Waals surface area contributed by atoms with Crippen molar-refractivity contribution in [3.05, 3.63) is 63.6 Å². The lowest BCUT2D eigenvalue weighted by Gasteiger charge is -2.32. The van der Waals surface area contributed by atoms with Crippen LogP contribution in [0.5, 0.6) is 5.75 Å². The molecule has 2 heterocycles. The number of nitrogens with zero attached hydrogens (tertiary/aromatic N) is 3. The van der Waals surface area contributed by atoms with Crippen LogP contribution in [0.4, 0.5) is 11.9 Å². The summed E-state index contributed by atoms with van der Waals surface area (Å²) >= 11 is 12.3. The van der Waals surface area contributed by atoms with Gasteiger partial charge in [-0.05, 0) is 30.2 Å². The molecule has 0 spiro atoms. The van der Waals surface area contributed by atoms with Crippen LogP contribution >= 0.6 is 23.2 Å². The molecule has 8 heteroatoms. The van der Waals surface area contributed by atoms with Gasteiger partial charge in [0.1, 0.15) is 5.75 Å². The number of nitrogens with one attached hydrogen (secondary N) is 1. The van der Waals surface area contributed by atoms with Gasteiger partial charge in [0.25, 0.3) is 0 Å². The summed E-state index contributed by atoms with van der Waals surface area (Å²) in [6, 6.07) is 13.4. The average Bonchev–Trinajstić information content (AvgIpc) is 3.03. The van der Waals surface area contributed by atoms with Gasteiger partial charge in [0.2, 0.25) is 11.9 Å². The molecule has 1 aliphatic rings. The summed E-state index contributed by atoms with van der Waals surface area (Å²) in [7, 11) is 1.66. The fraction of sp³-hybridized carbons (Fsp3) is 0.222. The second-order valence-electron chi connectivity index (χ2n) is 6.10. The predicted molar refractivity (Wildman–Crippen MR) is 103 cm³/mol. The van der Waals surface area contributed by atoms with Crippen LogP contribution in [0.25, 0.3) is 0 Å². The lowest BCUT2D eigenvalue weighted by Crippen LogP contribution is -2.28. The Morgan fingerprint density at radius 1 is 1.19 bits per heavy atom. The summed E-state index contributed by atoms with van der Waals surface area (Å²) in [5, 5.41) is 8.79. The Hall–Kier alpha value is -2.44. The minimum atomic E-state index is -0.0772. The number of aromatic nitrogens is 3. The van der Waals surface area contributed by atoms with Gasteiger partial charge in [-0.1, -0.05) is 47.5 Å². The van der Waals surface area contributed by atoms with Crippen molar-refractivity contribution < 1.29 is 4.74 Å². The Morgan fingerprint density at radius 2 is 2.00 bits per heavy atom. The maximum absolute atomic E-state index is 6.21. The number of benzene rings is 2. The molecule has 2 atom stereocenters. The van der Waals surface area contributed by atoms with E-state index in [1.54, 1.807) is 17.9 Å². The SMILES string of the molecule is COc1ccccc1C1CC(c2ccc(Cl)c(Cl)c2)Nc2nc(N)nn21. The van der Waals surface area contributed by atoms with Gasteiger partial charge in [-0.15, -0.1) is 5.10 Å². The largest absolute Gasteiger partial charge is 0.496 e. The molecule has 1 aromatic heterocycles. The second kappa shape index (κ2) is 6.70. The first kappa shape index (κ1) is 17.0. The minimum Gasteiger partial charge on any atom is -0.496 e. The van der Waals surface area contributed by atoms with Crippen LogP contribution < -0.4 is 15.8 Å². The monoisotopic (exact) mass is 389 g/mol. The number of anilines is 2. The van der Waals surface area contributed by atoms with Crippen LogP contribution in [0.3, 0.4) is 0 Å². The number of para-hydroxylation sites is 1. The van der Waals surface area contributed by atoms with Crippen LogP contribution in [0, 0.1) is 0 Å². The van der Waals surface area contributed by atoms with Crippen molar-refractivity contribution in [2.45, 2.75) is 18.5 Å². The fourth-order valence-corrected chi connectivity index (χ4v) is 3.65. The number of methoxy groups -OCH3 is 1. The topological polar surface area (TPSA) is 78.0 Å². The smallest absolute Gasteiger partial charge is 0.241 e. The van der Waals surface area contributed by atoms with Gasteiger partial charge in [-0.3, -0.25) is 0 Å². The van der Waals surface area contributed by atoms with E-state index in [9.17, 15) is 0 Å². The molecule has 2 unspecified atom stereocenters. The molecule has 4 rings (SSSR count). The third-order valence-electron chi connectivity index (χ3n) is 4.55. The minimum absolute atomic E-state index is 0.0178. The van der Waals surface area contributed by atoms with Crippen LogP contribution in [-0.2, 0) is 0 Å². The Balaban J connectivity index is 1.79. The van der Waals surface area contributed by atoms with Gasteiger partial charge in [-0.25, -0.2) is 4.68 Å². The van der Waals surface area contributed by atoms with E-state index in [-0.39, 0.29) is 18.0 Å². The predicted octanol–water partition coefficient (Wildman–Crippen LogP) is 4.32. The zero-order chi connectivity index (χ0) is 18.3. The Kier molecular flexibility index (Phi) is 4.38. The maximum Gasteiger partial charge on any atom is 0.241 e. The maximum atomic E-state index is 6.21. The quantitative estimate of drug-likeness (QED) is 0.697. The van der Waals surface area contributed by atoms with Crippen molar-refractivity contribution in [1.29, 1.82) is 0 Å². The third-order valence-corrected chi connectivity index (χ3v) is 5.29. The van der Waals surface area contributed by atoms with Gasteiger partial charge in [0.05, 0.1) is 29.2 Å². The van der Waals surface area contributed by atoms with Crippen LogP contribution in [-0.4, -0.2) is 21.9 Å². The Bertz CT molecular complexity index is 959. The average molecular weight is 390 g/mol. The lowest BCUT2D eigenvalue weighted by atomic mass is 9.93. The first-order chi connectivity index (χ1) is 12.6. The molecule has 0 amide bonds. The molecular formula is C18H17Cl2N5O. The van der Waals surface area contributed by atoms with E-state index in [1.165, 1.54) is 0 Å². The van der Waals surface area contributed by atoms with E-state index in [1.807, 2.05) is 36.4 Å². The molecule has 1 aliphatic heterocycles. The Morgan fingerprint density at radius 3 is 2.77 bits per heavy atom. The third kappa shape index (κ3) is 2.95. The zero-order valence-corrected chi connectivity index (χ0v) is 15.5. The summed E-state index contributed by atoms with van der Waals surface area (Å²) in [5.74, 6) is 1.63. The highest BCUT2D eigenvalue weighted by Crippen LogP contribution is 2.41. The van der Waals surface area contributed by atoms with Crippen molar-refractivity contribution in [2.75, 3.05) is 18.2 Å². The number of hydrogen-bond donors (Lipinski definition) is 2. The van der Waals surface area contributed by atoms with Gasteiger partial charge < -0.3 is 15.8 Å². The fourth-order valence-electron chi connectivity index (χ4n) is 3.34. The van der Waals surface area contributed by atoms with Gasteiger partial charge >= 0.3 is 0 Å². The van der Waals surface area contributed by atoms with E-state index >= 15 is 0 Å². The van der Waals surface area contributed by atoms with Crippen molar-refractivity contribution in [1.82, 2.24) is 14.8 Å². The van der Waals surface area contributed by atoms with Crippen molar-refractivity contribution in [3.8, 4) is 5.75 Å².